The van der Waals surface area contributed by atoms with Crippen molar-refractivity contribution in [2.24, 2.45) is 0 Å². The summed E-state index contributed by atoms with van der Waals surface area (Å²) in [6, 6.07) is 0.0509. The molecule has 0 saturated heterocycles. The van der Waals surface area contributed by atoms with E-state index >= 15 is 0 Å². The lowest BCUT2D eigenvalue weighted by atomic mass is 9.88. The highest BCUT2D eigenvalue weighted by Crippen LogP contribution is 2.49. The topological polar surface area (TPSA) is 20.2 Å². The predicted molar refractivity (Wildman–Crippen MR) is 104 cm³/mol. The van der Waals surface area contributed by atoms with Gasteiger partial charge < -0.3 is 5.11 Å². The predicted octanol–water partition coefficient (Wildman–Crippen LogP) is 8.48. The molecule has 40 heavy (non-hydrogen) atoms. The van der Waals surface area contributed by atoms with Crippen LogP contribution in [0.5, 0.6) is 5.75 Å². The largest absolute Gasteiger partial charge is 0.507 e. The molecule has 1 N–H and O–H groups in total. The molecule has 0 saturated carbocycles. The molecule has 210 valence electrons. The highest BCUT2D eigenvalue weighted by Gasteiger charge is 2.36. The summed E-state index contributed by atoms with van der Waals surface area (Å²) >= 11 is 0. The van der Waals surface area contributed by atoms with Crippen LogP contribution in [-0.2, 0) is 0 Å². The Hall–Kier alpha value is -4.37. The second kappa shape index (κ2) is 9.67. The van der Waals surface area contributed by atoms with Gasteiger partial charge in [-0.25, -0.2) is 65.9 Å². The monoisotopic (exact) mass is 592 g/mol. The van der Waals surface area contributed by atoms with E-state index in [2.05, 4.69) is 0 Å². The zero-order chi connectivity index (χ0) is 30.1. The fourth-order valence-electron chi connectivity index (χ4n) is 3.76. The highest BCUT2D eigenvalue weighted by atomic mass is 19.2. The van der Waals surface area contributed by atoms with Crippen molar-refractivity contribution in [2.75, 3.05) is 0 Å². The fourth-order valence-corrected chi connectivity index (χ4v) is 3.76. The molecule has 0 aliphatic heterocycles. The van der Waals surface area contributed by atoms with Crippen LogP contribution >= 0.6 is 0 Å². The maximum atomic E-state index is 14.7. The van der Waals surface area contributed by atoms with Gasteiger partial charge in [-0.05, 0) is 11.6 Å². The molecule has 0 unspecified atom stereocenters. The van der Waals surface area contributed by atoms with Gasteiger partial charge in [0.05, 0.1) is 16.7 Å². The summed E-state index contributed by atoms with van der Waals surface area (Å²) in [7, 11) is 0. The Labute approximate surface area is 210 Å². The molecule has 4 aromatic carbocycles. The number of aromatic hydroxyl groups is 1. The average Bonchev–Trinajstić information content (AvgIpc) is 2.93. The fraction of sp³-hybridized carbons (Fsp3) is 0. The Morgan fingerprint density at radius 3 is 0.825 bits per heavy atom. The summed E-state index contributed by atoms with van der Waals surface area (Å²) in [5, 5.41) is 10.7. The summed E-state index contributed by atoms with van der Waals surface area (Å²) in [4.78, 5) is 0. The number of hydrogen-bond acceptors (Lipinski definition) is 1. The van der Waals surface area contributed by atoms with Crippen LogP contribution in [0, 0.1) is 87.3 Å². The van der Waals surface area contributed by atoms with Gasteiger partial charge in [0.2, 0.25) is 17.5 Å². The van der Waals surface area contributed by atoms with Crippen molar-refractivity contribution in [1.29, 1.82) is 0 Å². The zero-order valence-electron chi connectivity index (χ0n) is 18.3. The molecule has 4 aromatic rings. The first-order valence-corrected chi connectivity index (χ1v) is 9.97. The molecule has 0 aromatic heterocycles. The van der Waals surface area contributed by atoms with Crippen molar-refractivity contribution in [3.05, 3.63) is 99.4 Å². The van der Waals surface area contributed by atoms with Gasteiger partial charge in [-0.3, -0.25) is 0 Å². The standard InChI is InChI=1S/C24H3F15O/c25-9-6(10(26)16(32)21(37)15(9)31)3-1-2-4(7-11(27)17(33)22(38)18(34)12(7)28)24(40)5(3)8-13(29)19(35)23(39)20(36)14(8)30/h1-2,40H. The van der Waals surface area contributed by atoms with Crippen molar-refractivity contribution < 1.29 is 71.0 Å². The van der Waals surface area contributed by atoms with Crippen molar-refractivity contribution in [2.45, 2.75) is 0 Å². The van der Waals surface area contributed by atoms with Crippen LogP contribution in [0.1, 0.15) is 0 Å². The van der Waals surface area contributed by atoms with Crippen molar-refractivity contribution in [3.63, 3.8) is 0 Å². The Balaban J connectivity index is 2.29. The van der Waals surface area contributed by atoms with Crippen LogP contribution in [0.15, 0.2) is 12.1 Å². The number of phenols is 1. The minimum Gasteiger partial charge on any atom is -0.507 e. The summed E-state index contributed by atoms with van der Waals surface area (Å²) < 4.78 is 211. The average molecular weight is 592 g/mol. The van der Waals surface area contributed by atoms with Crippen LogP contribution in [0.25, 0.3) is 33.4 Å². The van der Waals surface area contributed by atoms with Gasteiger partial charge in [0, 0.05) is 11.1 Å². The number of halogens is 15. The molecular weight excluding hydrogens is 589 g/mol. The molecule has 0 bridgehead atoms. The smallest absolute Gasteiger partial charge is 0.200 e. The van der Waals surface area contributed by atoms with E-state index in [1.165, 1.54) is 0 Å². The quantitative estimate of drug-likeness (QED) is 0.144. The highest BCUT2D eigenvalue weighted by molar-refractivity contribution is 5.94. The van der Waals surface area contributed by atoms with Crippen LogP contribution < -0.4 is 0 Å². The Morgan fingerprint density at radius 2 is 0.500 bits per heavy atom. The first kappa shape index (κ1) is 28.6. The molecule has 4 rings (SSSR count). The molecule has 16 heteroatoms. The van der Waals surface area contributed by atoms with Gasteiger partial charge in [0.15, 0.2) is 69.8 Å². The molecule has 0 radical (unpaired) electrons. The lowest BCUT2D eigenvalue weighted by Crippen LogP contribution is -2.09. The van der Waals surface area contributed by atoms with Gasteiger partial charge in [-0.2, -0.15) is 0 Å². The molecule has 0 fully saturated rings. The van der Waals surface area contributed by atoms with E-state index < -0.39 is 126 Å². The zero-order valence-corrected chi connectivity index (χ0v) is 18.3. The van der Waals surface area contributed by atoms with E-state index in [9.17, 15) is 71.0 Å². The molecule has 0 amide bonds. The first-order chi connectivity index (χ1) is 18.6. The third-order valence-electron chi connectivity index (χ3n) is 5.60. The normalized spacial score (nSPS) is 11.5. The number of hydrogen-bond donors (Lipinski definition) is 1. The summed E-state index contributed by atoms with van der Waals surface area (Å²) in [5.74, 6) is -43.5. The molecule has 0 aliphatic rings. The number of phenolic OH excluding ortho intramolecular Hbond substituents is 1. The minimum atomic E-state index is -2.86. The maximum absolute atomic E-state index is 14.7. The van der Waals surface area contributed by atoms with E-state index in [4.69, 9.17) is 0 Å². The first-order valence-electron chi connectivity index (χ1n) is 9.97. The molecule has 0 aliphatic carbocycles. The van der Waals surface area contributed by atoms with Crippen LogP contribution in [0.3, 0.4) is 0 Å². The SMILES string of the molecule is Oc1c(-c2c(F)c(F)c(F)c(F)c2F)ccc(-c2c(F)c(F)c(F)c(F)c2F)c1-c1c(F)c(F)c(F)c(F)c1F. The summed E-state index contributed by atoms with van der Waals surface area (Å²) in [6.07, 6.45) is 0. The minimum absolute atomic E-state index is 0.00123. The van der Waals surface area contributed by atoms with Gasteiger partial charge in [-0.15, -0.1) is 0 Å². The molecule has 0 spiro atoms. The van der Waals surface area contributed by atoms with Crippen LogP contribution in [-0.4, -0.2) is 5.11 Å². The summed E-state index contributed by atoms with van der Waals surface area (Å²) in [5.41, 5.74) is -12.0. The van der Waals surface area contributed by atoms with Gasteiger partial charge in [-0.1, -0.05) is 6.07 Å². The van der Waals surface area contributed by atoms with Gasteiger partial charge >= 0.3 is 0 Å². The Morgan fingerprint density at radius 1 is 0.275 bits per heavy atom. The molecule has 0 atom stereocenters. The third-order valence-corrected chi connectivity index (χ3v) is 5.60. The van der Waals surface area contributed by atoms with Crippen LogP contribution in [0.4, 0.5) is 65.9 Å². The van der Waals surface area contributed by atoms with E-state index in [0.29, 0.717) is 0 Å². The van der Waals surface area contributed by atoms with E-state index in [1.807, 2.05) is 0 Å². The lowest BCUT2D eigenvalue weighted by Gasteiger charge is -2.19. The number of rotatable bonds is 3. The Kier molecular flexibility index (Phi) is 6.92. The van der Waals surface area contributed by atoms with E-state index in [-0.39, 0.29) is 12.1 Å². The van der Waals surface area contributed by atoms with Crippen molar-refractivity contribution in [1.82, 2.24) is 0 Å². The molecule has 0 heterocycles. The second-order valence-electron chi connectivity index (χ2n) is 7.72. The lowest BCUT2D eigenvalue weighted by molar-refractivity contribution is 0.379. The van der Waals surface area contributed by atoms with Crippen molar-refractivity contribution >= 4 is 0 Å². The molecular formula is C24H3F15O. The van der Waals surface area contributed by atoms with Gasteiger partial charge in [0.25, 0.3) is 0 Å². The van der Waals surface area contributed by atoms with Crippen LogP contribution in [0.2, 0.25) is 0 Å². The molecule has 1 nitrogen and oxygen atoms in total. The van der Waals surface area contributed by atoms with Gasteiger partial charge in [0.1, 0.15) is 5.75 Å². The summed E-state index contributed by atoms with van der Waals surface area (Å²) in [6.45, 7) is 0. The van der Waals surface area contributed by atoms with E-state index in [0.717, 1.165) is 0 Å². The maximum Gasteiger partial charge on any atom is 0.200 e. The third kappa shape index (κ3) is 3.83. The second-order valence-corrected chi connectivity index (χ2v) is 7.72. The van der Waals surface area contributed by atoms with Crippen molar-refractivity contribution in [3.8, 4) is 39.1 Å². The van der Waals surface area contributed by atoms with E-state index in [1.54, 1.807) is 0 Å². The number of benzene rings is 4. The Bertz CT molecular complexity index is 1680.